The Morgan fingerprint density at radius 1 is 0.385 bits per heavy atom. The highest BCUT2D eigenvalue weighted by Crippen LogP contribution is 2.02. The van der Waals surface area contributed by atoms with E-state index in [2.05, 4.69) is 22.6 Å². The first kappa shape index (κ1) is 38.8. The maximum Gasteiger partial charge on any atom is 0.329 e. The Bertz CT molecular complexity index is 476. The summed E-state index contributed by atoms with van der Waals surface area (Å²) >= 11 is 2.41. The van der Waals surface area contributed by atoms with Gasteiger partial charge in [-0.2, -0.15) is 0 Å². The highest BCUT2D eigenvalue weighted by atomic mass is 127. The largest absolute Gasteiger partial charge is 0.480 e. The molecule has 0 saturated carbocycles. The molecule has 0 fully saturated rings. The van der Waals surface area contributed by atoms with Crippen molar-refractivity contribution in [1.29, 1.82) is 0 Å². The number of hydrogen-bond acceptors (Lipinski definition) is 11. The number of ether oxygens (including phenoxy) is 10. The second kappa shape index (κ2) is 35.8. The van der Waals surface area contributed by atoms with Crippen LogP contribution < -0.4 is 0 Å². The van der Waals surface area contributed by atoms with E-state index in [1.165, 1.54) is 23.7 Å². The van der Waals surface area contributed by atoms with E-state index in [4.69, 9.17) is 52.5 Å². The molecule has 0 saturated heterocycles. The minimum atomic E-state index is -0.992. The number of carboxylic acids is 1. The fourth-order valence-corrected chi connectivity index (χ4v) is 3.33. The highest BCUT2D eigenvalue weighted by Gasteiger charge is 1.97. The summed E-state index contributed by atoms with van der Waals surface area (Å²) < 4.78 is 54.9. The molecule has 0 bridgehead atoms. The Hall–Kier alpha value is -0.200. The third kappa shape index (κ3) is 37.8. The minimum Gasteiger partial charge on any atom is -0.480 e. The third-order valence-electron chi connectivity index (χ3n) is 4.75. The molecule has 0 aromatic rings. The number of unbranched alkanes of at least 4 members (excludes halogenated alkanes) is 3. The molecule has 0 rings (SSSR count). The monoisotopic (exact) mass is 682 g/mol. The van der Waals surface area contributed by atoms with Gasteiger partial charge in [-0.1, -0.05) is 35.4 Å². The SMILES string of the molecule is O=C(O)COCCOCCOCCOCCOCCOCCOCCOCCOCCOCCCCCCI. The van der Waals surface area contributed by atoms with Crippen LogP contribution in [0.3, 0.4) is 0 Å². The predicted octanol–water partition coefficient (Wildman–Crippen LogP) is 2.23. The van der Waals surface area contributed by atoms with E-state index in [0.29, 0.717) is 112 Å². The van der Waals surface area contributed by atoms with Crippen molar-refractivity contribution in [3.8, 4) is 0 Å². The van der Waals surface area contributed by atoms with Gasteiger partial charge in [-0.15, -0.1) is 0 Å². The molecule has 0 aliphatic rings. The first-order valence-corrected chi connectivity index (χ1v) is 15.3. The minimum absolute atomic E-state index is 0.247. The third-order valence-corrected chi connectivity index (χ3v) is 5.51. The van der Waals surface area contributed by atoms with Gasteiger partial charge in [-0.05, 0) is 17.3 Å². The van der Waals surface area contributed by atoms with E-state index >= 15 is 0 Å². The van der Waals surface area contributed by atoms with Gasteiger partial charge in [0.15, 0.2) is 0 Å². The van der Waals surface area contributed by atoms with Gasteiger partial charge in [0, 0.05) is 6.61 Å². The topological polar surface area (TPSA) is 130 Å². The zero-order valence-corrected chi connectivity index (χ0v) is 25.7. The van der Waals surface area contributed by atoms with Gasteiger partial charge in [0.1, 0.15) is 6.61 Å². The molecule has 0 amide bonds. The van der Waals surface area contributed by atoms with Crippen LogP contribution in [0.5, 0.6) is 0 Å². The number of rotatable bonds is 35. The van der Waals surface area contributed by atoms with E-state index in [0.717, 1.165) is 13.0 Å². The van der Waals surface area contributed by atoms with Gasteiger partial charge >= 0.3 is 5.97 Å². The normalized spacial score (nSPS) is 11.4. The summed E-state index contributed by atoms with van der Waals surface area (Å²) in [5.74, 6) is -0.992. The van der Waals surface area contributed by atoms with Crippen LogP contribution in [0.25, 0.3) is 0 Å². The zero-order chi connectivity index (χ0) is 28.3. The summed E-state index contributed by atoms with van der Waals surface area (Å²) in [5.41, 5.74) is 0. The summed E-state index contributed by atoms with van der Waals surface area (Å²) in [5, 5.41) is 8.41. The van der Waals surface area contributed by atoms with Crippen molar-refractivity contribution in [1.82, 2.24) is 0 Å². The van der Waals surface area contributed by atoms with Crippen LogP contribution in [0.1, 0.15) is 25.7 Å². The van der Waals surface area contributed by atoms with Crippen molar-refractivity contribution >= 4 is 28.6 Å². The van der Waals surface area contributed by atoms with Gasteiger partial charge < -0.3 is 52.5 Å². The zero-order valence-electron chi connectivity index (χ0n) is 23.5. The molecule has 234 valence electrons. The van der Waals surface area contributed by atoms with E-state index in [1.807, 2.05) is 0 Å². The number of carboxylic acid groups (broad SMARTS) is 1. The number of halogens is 1. The number of hydrogen-bond donors (Lipinski definition) is 1. The number of carbonyl (C=O) groups is 1. The molecular formula is C26H51IO12. The van der Waals surface area contributed by atoms with Crippen molar-refractivity contribution in [3.05, 3.63) is 0 Å². The molecule has 0 aromatic carbocycles. The molecule has 0 aliphatic heterocycles. The fourth-order valence-electron chi connectivity index (χ4n) is 2.79. The maximum atomic E-state index is 10.3. The second-order valence-corrected chi connectivity index (χ2v) is 9.14. The van der Waals surface area contributed by atoms with E-state index in [-0.39, 0.29) is 13.2 Å². The van der Waals surface area contributed by atoms with Gasteiger partial charge in [0.25, 0.3) is 0 Å². The average Bonchev–Trinajstić information content (AvgIpc) is 2.93. The van der Waals surface area contributed by atoms with Crippen molar-refractivity contribution in [2.75, 3.05) is 137 Å². The van der Waals surface area contributed by atoms with Crippen LogP contribution >= 0.6 is 22.6 Å². The van der Waals surface area contributed by atoms with Crippen molar-refractivity contribution in [3.63, 3.8) is 0 Å². The van der Waals surface area contributed by atoms with Crippen molar-refractivity contribution in [2.24, 2.45) is 0 Å². The lowest BCUT2D eigenvalue weighted by atomic mass is 10.2. The van der Waals surface area contributed by atoms with Gasteiger partial charge in [0.2, 0.25) is 0 Å². The molecule has 12 nitrogen and oxygen atoms in total. The first-order valence-electron chi connectivity index (χ1n) is 13.8. The summed E-state index contributed by atoms with van der Waals surface area (Å²) in [6.45, 7) is 9.32. The first-order chi connectivity index (χ1) is 19.3. The lowest BCUT2D eigenvalue weighted by Crippen LogP contribution is -2.15. The predicted molar refractivity (Wildman–Crippen MR) is 153 cm³/mol. The smallest absolute Gasteiger partial charge is 0.329 e. The lowest BCUT2D eigenvalue weighted by molar-refractivity contribution is -0.142. The van der Waals surface area contributed by atoms with Crippen LogP contribution in [0.15, 0.2) is 0 Å². The Labute approximate surface area is 247 Å². The summed E-state index contributed by atoms with van der Waals surface area (Å²) in [4.78, 5) is 10.3. The average molecular weight is 683 g/mol. The fraction of sp³-hybridized carbons (Fsp3) is 0.962. The molecule has 0 spiro atoms. The van der Waals surface area contributed by atoms with Crippen LogP contribution in [0.2, 0.25) is 0 Å². The molecule has 1 N–H and O–H groups in total. The quantitative estimate of drug-likeness (QED) is 0.0598. The van der Waals surface area contributed by atoms with E-state index in [1.54, 1.807) is 0 Å². The standard InChI is InChI=1S/C26H51IO12/c27-5-3-1-2-4-6-30-7-8-31-9-10-32-11-12-33-13-14-34-15-16-35-17-18-36-19-20-37-21-22-38-23-24-39-25-26(28)29/h1-25H2,(H,28,29). The molecule has 39 heavy (non-hydrogen) atoms. The Balaban J connectivity index is 3.02. The van der Waals surface area contributed by atoms with Crippen LogP contribution in [-0.2, 0) is 52.2 Å². The van der Waals surface area contributed by atoms with Crippen LogP contribution in [-0.4, -0.2) is 148 Å². The lowest BCUT2D eigenvalue weighted by Gasteiger charge is -2.09. The van der Waals surface area contributed by atoms with Gasteiger partial charge in [-0.25, -0.2) is 4.79 Å². The Kier molecular flexibility index (Phi) is 35.6. The Morgan fingerprint density at radius 2 is 0.641 bits per heavy atom. The van der Waals surface area contributed by atoms with Crippen molar-refractivity contribution in [2.45, 2.75) is 25.7 Å². The molecule has 0 unspecified atom stereocenters. The molecular weight excluding hydrogens is 631 g/mol. The number of alkyl halides is 1. The second-order valence-electron chi connectivity index (χ2n) is 8.06. The molecule has 0 heterocycles. The summed E-state index contributed by atoms with van der Waals surface area (Å²) in [7, 11) is 0. The Morgan fingerprint density at radius 3 is 0.923 bits per heavy atom. The van der Waals surface area contributed by atoms with E-state index < -0.39 is 5.97 Å². The molecule has 13 heteroatoms. The van der Waals surface area contributed by atoms with E-state index in [9.17, 15) is 4.79 Å². The molecule has 0 atom stereocenters. The molecule has 0 aliphatic carbocycles. The molecule has 0 aromatic heterocycles. The van der Waals surface area contributed by atoms with Crippen LogP contribution in [0, 0.1) is 0 Å². The van der Waals surface area contributed by atoms with Gasteiger partial charge in [-0.3, -0.25) is 0 Å². The summed E-state index contributed by atoms with van der Waals surface area (Å²) in [6, 6.07) is 0. The maximum absolute atomic E-state index is 10.3. The molecule has 0 radical (unpaired) electrons. The number of aliphatic carboxylic acids is 1. The van der Waals surface area contributed by atoms with Crippen LogP contribution in [0.4, 0.5) is 0 Å². The summed E-state index contributed by atoms with van der Waals surface area (Å²) in [6.07, 6.45) is 4.96. The van der Waals surface area contributed by atoms with Gasteiger partial charge in [0.05, 0.1) is 119 Å². The van der Waals surface area contributed by atoms with Crippen molar-refractivity contribution < 1.29 is 57.3 Å². The highest BCUT2D eigenvalue weighted by molar-refractivity contribution is 14.1.